The maximum absolute atomic E-state index is 12.3. The van der Waals surface area contributed by atoms with Crippen LogP contribution in [-0.4, -0.2) is 71.2 Å². The van der Waals surface area contributed by atoms with Crippen LogP contribution in [0.2, 0.25) is 0 Å². The topological polar surface area (TPSA) is 74.1 Å². The fourth-order valence-corrected chi connectivity index (χ4v) is 2.62. The summed E-state index contributed by atoms with van der Waals surface area (Å²) in [6.07, 6.45) is 1.47. The molecule has 1 saturated heterocycles. The highest BCUT2D eigenvalue weighted by atomic mass is 16.3. The molecule has 0 atom stereocenters. The second-order valence-electron chi connectivity index (χ2n) is 5.89. The van der Waals surface area contributed by atoms with Crippen LogP contribution in [0.15, 0.2) is 22.8 Å². The van der Waals surface area contributed by atoms with Gasteiger partial charge in [0.05, 0.1) is 12.8 Å². The third kappa shape index (κ3) is 4.12. The molecule has 0 aromatic carbocycles. The van der Waals surface area contributed by atoms with E-state index in [9.17, 15) is 14.4 Å². The summed E-state index contributed by atoms with van der Waals surface area (Å²) in [6, 6.07) is 3.29. The highest BCUT2D eigenvalue weighted by molar-refractivity contribution is 5.91. The van der Waals surface area contributed by atoms with Crippen molar-refractivity contribution in [3.05, 3.63) is 24.2 Å². The average molecular weight is 321 g/mol. The first-order valence-corrected chi connectivity index (χ1v) is 7.78. The van der Waals surface area contributed by atoms with Gasteiger partial charge >= 0.3 is 0 Å². The Morgan fingerprint density at radius 2 is 1.78 bits per heavy atom. The number of hydrogen-bond acceptors (Lipinski definition) is 4. The molecule has 2 rings (SSSR count). The molecule has 1 aliphatic heterocycles. The van der Waals surface area contributed by atoms with Gasteiger partial charge in [0, 0.05) is 39.1 Å². The van der Waals surface area contributed by atoms with E-state index in [2.05, 4.69) is 0 Å². The quantitative estimate of drug-likeness (QED) is 0.823. The minimum Gasteiger partial charge on any atom is -0.459 e. The zero-order valence-electron chi connectivity index (χ0n) is 13.8. The van der Waals surface area contributed by atoms with Gasteiger partial charge < -0.3 is 19.1 Å². The second kappa shape index (κ2) is 7.30. The van der Waals surface area contributed by atoms with Gasteiger partial charge in [0.2, 0.25) is 11.8 Å². The van der Waals surface area contributed by atoms with Crippen molar-refractivity contribution in [2.45, 2.75) is 26.8 Å². The van der Waals surface area contributed by atoms with E-state index in [-0.39, 0.29) is 30.3 Å². The van der Waals surface area contributed by atoms with Gasteiger partial charge in [-0.15, -0.1) is 0 Å². The van der Waals surface area contributed by atoms with E-state index >= 15 is 0 Å². The Morgan fingerprint density at radius 1 is 1.17 bits per heavy atom. The van der Waals surface area contributed by atoms with E-state index in [1.54, 1.807) is 26.8 Å². The van der Waals surface area contributed by atoms with Gasteiger partial charge in [0.25, 0.3) is 5.91 Å². The SMILES string of the molecule is CC(=O)N(CC(=O)N1CCN(C(=O)c2ccco2)CC1)C(C)C. The summed E-state index contributed by atoms with van der Waals surface area (Å²) in [5.74, 6) is -0.0408. The molecule has 1 aromatic rings. The van der Waals surface area contributed by atoms with Crippen LogP contribution in [0.5, 0.6) is 0 Å². The minimum absolute atomic E-state index is 0.0155. The van der Waals surface area contributed by atoms with E-state index in [1.807, 2.05) is 13.8 Å². The van der Waals surface area contributed by atoms with Crippen molar-refractivity contribution in [1.82, 2.24) is 14.7 Å². The third-order valence-electron chi connectivity index (χ3n) is 3.98. The molecule has 0 radical (unpaired) electrons. The Balaban J connectivity index is 1.87. The lowest BCUT2D eigenvalue weighted by Gasteiger charge is -2.36. The zero-order valence-corrected chi connectivity index (χ0v) is 13.8. The van der Waals surface area contributed by atoms with E-state index in [4.69, 9.17) is 4.42 Å². The molecule has 1 fully saturated rings. The predicted molar refractivity (Wildman–Crippen MR) is 83.7 cm³/mol. The lowest BCUT2D eigenvalue weighted by Crippen LogP contribution is -2.53. The summed E-state index contributed by atoms with van der Waals surface area (Å²) < 4.78 is 5.11. The number of furan rings is 1. The Labute approximate surface area is 135 Å². The Kier molecular flexibility index (Phi) is 5.41. The lowest BCUT2D eigenvalue weighted by molar-refractivity contribution is -0.141. The molecule has 1 aliphatic rings. The number of rotatable bonds is 4. The van der Waals surface area contributed by atoms with Crippen LogP contribution in [0.4, 0.5) is 0 Å². The molecule has 126 valence electrons. The summed E-state index contributed by atoms with van der Waals surface area (Å²) in [5, 5.41) is 0. The predicted octanol–water partition coefficient (Wildman–Crippen LogP) is 0.821. The number of hydrogen-bond donors (Lipinski definition) is 0. The molecule has 3 amide bonds. The number of piperazine rings is 1. The summed E-state index contributed by atoms with van der Waals surface area (Å²) in [7, 11) is 0. The monoisotopic (exact) mass is 321 g/mol. The van der Waals surface area contributed by atoms with Gasteiger partial charge in [-0.2, -0.15) is 0 Å². The van der Waals surface area contributed by atoms with Crippen LogP contribution in [0.3, 0.4) is 0 Å². The zero-order chi connectivity index (χ0) is 17.0. The molecule has 2 heterocycles. The van der Waals surface area contributed by atoms with E-state index < -0.39 is 0 Å². The third-order valence-corrected chi connectivity index (χ3v) is 3.98. The first-order chi connectivity index (χ1) is 10.9. The van der Waals surface area contributed by atoms with Gasteiger partial charge in [-0.3, -0.25) is 14.4 Å². The first-order valence-electron chi connectivity index (χ1n) is 7.78. The highest BCUT2D eigenvalue weighted by Gasteiger charge is 2.27. The molecule has 7 nitrogen and oxygen atoms in total. The van der Waals surface area contributed by atoms with Crippen molar-refractivity contribution >= 4 is 17.7 Å². The molecule has 0 unspecified atom stereocenters. The van der Waals surface area contributed by atoms with Crippen molar-refractivity contribution in [2.75, 3.05) is 32.7 Å². The van der Waals surface area contributed by atoms with E-state index in [0.717, 1.165) is 0 Å². The van der Waals surface area contributed by atoms with Crippen LogP contribution in [0, 0.1) is 0 Å². The molecule has 0 spiro atoms. The standard InChI is InChI=1S/C16H23N3O4/c1-12(2)19(13(3)20)11-15(21)17-6-8-18(9-7-17)16(22)14-5-4-10-23-14/h4-5,10,12H,6-9,11H2,1-3H3. The van der Waals surface area contributed by atoms with Crippen molar-refractivity contribution in [1.29, 1.82) is 0 Å². The van der Waals surface area contributed by atoms with Gasteiger partial charge in [-0.1, -0.05) is 0 Å². The number of amides is 3. The van der Waals surface area contributed by atoms with Crippen molar-refractivity contribution in [3.8, 4) is 0 Å². The normalized spacial score (nSPS) is 15.0. The Morgan fingerprint density at radius 3 is 2.26 bits per heavy atom. The summed E-state index contributed by atoms with van der Waals surface area (Å²) >= 11 is 0. The van der Waals surface area contributed by atoms with Crippen molar-refractivity contribution < 1.29 is 18.8 Å². The van der Waals surface area contributed by atoms with Gasteiger partial charge in [-0.25, -0.2) is 0 Å². The molecule has 0 aliphatic carbocycles. The molecule has 0 N–H and O–H groups in total. The number of nitrogens with zero attached hydrogens (tertiary/aromatic N) is 3. The average Bonchev–Trinajstić information content (AvgIpc) is 3.05. The van der Waals surface area contributed by atoms with Crippen LogP contribution in [0.1, 0.15) is 31.3 Å². The van der Waals surface area contributed by atoms with E-state index in [0.29, 0.717) is 31.9 Å². The van der Waals surface area contributed by atoms with Crippen molar-refractivity contribution in [3.63, 3.8) is 0 Å². The molecule has 1 aromatic heterocycles. The summed E-state index contributed by atoms with van der Waals surface area (Å²) in [6.45, 7) is 7.18. The van der Waals surface area contributed by atoms with Crippen molar-refractivity contribution in [2.24, 2.45) is 0 Å². The molecule has 7 heteroatoms. The maximum Gasteiger partial charge on any atom is 0.289 e. The number of carbonyl (C=O) groups is 3. The number of carbonyl (C=O) groups excluding carboxylic acids is 3. The van der Waals surface area contributed by atoms with Gasteiger partial charge in [0.15, 0.2) is 5.76 Å². The smallest absolute Gasteiger partial charge is 0.289 e. The molecular weight excluding hydrogens is 298 g/mol. The molecule has 0 bridgehead atoms. The minimum atomic E-state index is -0.158. The fourth-order valence-electron chi connectivity index (χ4n) is 2.62. The Bertz CT molecular complexity index is 560. The molecular formula is C16H23N3O4. The molecule has 23 heavy (non-hydrogen) atoms. The van der Waals surface area contributed by atoms with Crippen LogP contribution >= 0.6 is 0 Å². The maximum atomic E-state index is 12.3. The first kappa shape index (κ1) is 17.1. The fraction of sp³-hybridized carbons (Fsp3) is 0.562. The largest absolute Gasteiger partial charge is 0.459 e. The summed E-state index contributed by atoms with van der Waals surface area (Å²) in [4.78, 5) is 41.0. The van der Waals surface area contributed by atoms with E-state index in [1.165, 1.54) is 13.2 Å². The van der Waals surface area contributed by atoms with Crippen LogP contribution in [-0.2, 0) is 9.59 Å². The van der Waals surface area contributed by atoms with Gasteiger partial charge in [-0.05, 0) is 26.0 Å². The van der Waals surface area contributed by atoms with Gasteiger partial charge in [0.1, 0.15) is 0 Å². The highest BCUT2D eigenvalue weighted by Crippen LogP contribution is 2.10. The Hall–Kier alpha value is -2.31. The van der Waals surface area contributed by atoms with Crippen LogP contribution in [0.25, 0.3) is 0 Å². The molecule has 0 saturated carbocycles. The second-order valence-corrected chi connectivity index (χ2v) is 5.89. The van der Waals surface area contributed by atoms with Crippen LogP contribution < -0.4 is 0 Å². The summed E-state index contributed by atoms with van der Waals surface area (Å²) in [5.41, 5.74) is 0. The lowest BCUT2D eigenvalue weighted by atomic mass is 10.2.